The Balaban J connectivity index is 1.54. The molecule has 0 saturated heterocycles. The van der Waals surface area contributed by atoms with Gasteiger partial charge in [-0.15, -0.1) is 0 Å². The van der Waals surface area contributed by atoms with Gasteiger partial charge in [-0.05, 0) is 62.6 Å². The van der Waals surface area contributed by atoms with Gasteiger partial charge in [0.1, 0.15) is 5.82 Å². The summed E-state index contributed by atoms with van der Waals surface area (Å²) < 4.78 is 19.0. The topological polar surface area (TPSA) is 52.0 Å². The fourth-order valence-electron chi connectivity index (χ4n) is 5.66. The number of aromatic nitrogens is 4. The van der Waals surface area contributed by atoms with Crippen molar-refractivity contribution in [1.82, 2.24) is 24.6 Å². The van der Waals surface area contributed by atoms with Crippen molar-refractivity contribution in [2.24, 2.45) is 7.05 Å². The molecule has 0 atom stereocenters. The third-order valence-electron chi connectivity index (χ3n) is 7.65. The van der Waals surface area contributed by atoms with Gasteiger partial charge in [0.25, 0.3) is 0 Å². The van der Waals surface area contributed by atoms with Crippen LogP contribution in [0.5, 0.6) is 0 Å². The van der Waals surface area contributed by atoms with Crippen molar-refractivity contribution in [3.05, 3.63) is 78.3 Å². The van der Waals surface area contributed by atoms with Crippen molar-refractivity contribution in [3.63, 3.8) is 0 Å². The van der Waals surface area contributed by atoms with Crippen molar-refractivity contribution in [3.8, 4) is 22.4 Å². The highest BCUT2D eigenvalue weighted by Gasteiger charge is 2.24. The van der Waals surface area contributed by atoms with Crippen molar-refractivity contribution in [1.29, 1.82) is 0 Å². The van der Waals surface area contributed by atoms with Gasteiger partial charge in [-0.2, -0.15) is 5.10 Å². The van der Waals surface area contributed by atoms with E-state index in [1.54, 1.807) is 6.07 Å². The van der Waals surface area contributed by atoms with Crippen molar-refractivity contribution < 1.29 is 4.39 Å². The first-order valence-electron chi connectivity index (χ1n) is 12.3. The zero-order valence-corrected chi connectivity index (χ0v) is 20.4. The van der Waals surface area contributed by atoms with Gasteiger partial charge < -0.3 is 9.88 Å². The lowest BCUT2D eigenvalue weighted by Gasteiger charge is -2.30. The molecule has 0 unspecified atom stereocenters. The molecule has 6 nitrogen and oxygen atoms in total. The third-order valence-corrected chi connectivity index (χ3v) is 7.65. The zero-order valence-electron chi connectivity index (χ0n) is 20.4. The molecule has 0 radical (unpaired) electrons. The normalized spacial score (nSPS) is 18.1. The highest BCUT2D eigenvalue weighted by Crippen LogP contribution is 2.41. The van der Waals surface area contributed by atoms with Crippen LogP contribution in [0.3, 0.4) is 0 Å². The van der Waals surface area contributed by atoms with Gasteiger partial charge >= 0.3 is 0 Å². The van der Waals surface area contributed by atoms with Gasteiger partial charge in [0.05, 0.1) is 35.7 Å². The molecule has 3 aromatic heterocycles. The number of benzene rings is 2. The maximum Gasteiger partial charge on any atom is 0.222 e. The predicted octanol–water partition coefficient (Wildman–Crippen LogP) is 6.65. The summed E-state index contributed by atoms with van der Waals surface area (Å²) >= 11 is 0. The van der Waals surface area contributed by atoms with Crippen LogP contribution < -0.4 is 5.32 Å². The van der Waals surface area contributed by atoms with Crippen LogP contribution in [0.1, 0.15) is 31.7 Å². The fourth-order valence-corrected chi connectivity index (χ4v) is 5.66. The van der Waals surface area contributed by atoms with Crippen LogP contribution in [-0.2, 0) is 7.05 Å². The van der Waals surface area contributed by atoms with Crippen molar-refractivity contribution in [2.75, 3.05) is 7.05 Å². The molecule has 1 N–H and O–H groups in total. The number of nitrogens with zero attached hydrogens (tertiary/aromatic N) is 5. The van der Waals surface area contributed by atoms with Gasteiger partial charge in [0, 0.05) is 47.2 Å². The number of nitrogens with one attached hydrogen (secondary N) is 1. The molecule has 7 heteroatoms. The minimum absolute atomic E-state index is 0.0241. The van der Waals surface area contributed by atoms with E-state index in [-0.39, 0.29) is 5.69 Å². The highest BCUT2D eigenvalue weighted by molar-refractivity contribution is 6.02. The molecule has 3 heterocycles. The summed E-state index contributed by atoms with van der Waals surface area (Å²) in [5.74, 6) is -0.516. The molecular formula is C29H27FN6. The molecule has 1 aliphatic rings. The Kier molecular flexibility index (Phi) is 5.54. The monoisotopic (exact) mass is 478 g/mol. The third kappa shape index (κ3) is 3.66. The van der Waals surface area contributed by atoms with Crippen LogP contribution in [0.4, 0.5) is 10.1 Å². The molecule has 0 aliphatic heterocycles. The number of pyridine rings is 1. The number of fused-ring (bicyclic) bond motifs is 2. The molecule has 5 aromatic rings. The molecule has 2 aromatic carbocycles. The van der Waals surface area contributed by atoms with Crippen LogP contribution in [0, 0.1) is 12.4 Å². The van der Waals surface area contributed by atoms with E-state index >= 15 is 0 Å². The molecule has 0 bridgehead atoms. The second-order valence-electron chi connectivity index (χ2n) is 9.62. The van der Waals surface area contributed by atoms with Crippen molar-refractivity contribution >= 4 is 27.5 Å². The van der Waals surface area contributed by atoms with Crippen LogP contribution in [-0.4, -0.2) is 32.4 Å². The molecule has 1 aliphatic carbocycles. The summed E-state index contributed by atoms with van der Waals surface area (Å²) in [4.78, 5) is 8.26. The maximum atomic E-state index is 14.8. The summed E-state index contributed by atoms with van der Waals surface area (Å²) in [6.45, 7) is 7.25. The molecule has 6 rings (SSSR count). The summed E-state index contributed by atoms with van der Waals surface area (Å²) in [7, 11) is 3.96. The number of rotatable bonds is 4. The van der Waals surface area contributed by atoms with Gasteiger partial charge in [-0.1, -0.05) is 18.2 Å². The largest absolute Gasteiger partial charge is 0.343 e. The second kappa shape index (κ2) is 8.89. The Morgan fingerprint density at radius 2 is 1.81 bits per heavy atom. The molecule has 0 amide bonds. The van der Waals surface area contributed by atoms with Gasteiger partial charge in [0.2, 0.25) is 5.69 Å². The van der Waals surface area contributed by atoms with E-state index in [4.69, 9.17) is 11.6 Å². The number of halogens is 1. The van der Waals surface area contributed by atoms with Gasteiger partial charge in [-0.3, -0.25) is 9.67 Å². The van der Waals surface area contributed by atoms with Gasteiger partial charge in [-0.25, -0.2) is 9.24 Å². The van der Waals surface area contributed by atoms with E-state index in [0.717, 1.165) is 69.9 Å². The fraction of sp³-hybridized carbons (Fsp3) is 0.276. The maximum absolute atomic E-state index is 14.8. The Hall–Kier alpha value is -4.02. The molecule has 1 saturated carbocycles. The van der Waals surface area contributed by atoms with Crippen molar-refractivity contribution in [2.45, 2.75) is 37.8 Å². The lowest BCUT2D eigenvalue weighted by atomic mass is 9.91. The standard InChI is InChI=1S/C29H27FN6/c1-31-21-6-8-22(9-7-21)36-13-12-23-27(36)17-33-29(19-5-11-26-20(14-19)16-34-35(26)3)28(23)18-4-10-25(32-2)24(30)15-18/h4-5,10-17,21-22,31H,6-9H2,1,3H3. The summed E-state index contributed by atoms with van der Waals surface area (Å²) in [5.41, 5.74) is 5.46. The minimum atomic E-state index is -0.516. The van der Waals surface area contributed by atoms with Gasteiger partial charge in [0.15, 0.2) is 0 Å². The van der Waals surface area contributed by atoms with Crippen LogP contribution in [0.25, 0.3) is 49.0 Å². The van der Waals surface area contributed by atoms with Crippen LogP contribution in [0.2, 0.25) is 0 Å². The quantitative estimate of drug-likeness (QED) is 0.294. The number of hydrogen-bond donors (Lipinski definition) is 1. The van der Waals surface area contributed by atoms with E-state index < -0.39 is 5.82 Å². The Bertz CT molecular complexity index is 1630. The average molecular weight is 479 g/mol. The lowest BCUT2D eigenvalue weighted by Crippen LogP contribution is -2.30. The Labute approximate surface area is 209 Å². The van der Waals surface area contributed by atoms with E-state index in [9.17, 15) is 4.39 Å². The molecule has 180 valence electrons. The van der Waals surface area contributed by atoms with E-state index in [1.165, 1.54) is 6.07 Å². The summed E-state index contributed by atoms with van der Waals surface area (Å²) in [5, 5.41) is 9.84. The SMILES string of the molecule is [C-]#[N+]c1ccc(-c2c(-c3ccc4c(cnn4C)c3)ncc3c2ccn3C2CCC(NC)CC2)cc1F. The number of hydrogen-bond acceptors (Lipinski definition) is 3. The van der Waals surface area contributed by atoms with E-state index in [0.29, 0.717) is 12.1 Å². The second-order valence-corrected chi connectivity index (χ2v) is 9.62. The molecule has 1 fully saturated rings. The van der Waals surface area contributed by atoms with Crippen LogP contribution in [0.15, 0.2) is 61.1 Å². The van der Waals surface area contributed by atoms with Crippen LogP contribution >= 0.6 is 0 Å². The molecule has 36 heavy (non-hydrogen) atoms. The first-order chi connectivity index (χ1) is 17.6. The smallest absolute Gasteiger partial charge is 0.222 e. The summed E-state index contributed by atoms with van der Waals surface area (Å²) in [6, 6.07) is 14.1. The van der Waals surface area contributed by atoms with E-state index in [1.807, 2.05) is 49.4 Å². The first-order valence-corrected chi connectivity index (χ1v) is 12.3. The average Bonchev–Trinajstić information content (AvgIpc) is 3.51. The highest BCUT2D eigenvalue weighted by atomic mass is 19.1. The Morgan fingerprint density at radius 1 is 1.00 bits per heavy atom. The first kappa shape index (κ1) is 22.4. The summed E-state index contributed by atoms with van der Waals surface area (Å²) in [6.07, 6.45) is 10.5. The van der Waals surface area contributed by atoms with E-state index in [2.05, 4.69) is 38.2 Å². The number of aryl methyl sites for hydroxylation is 1. The zero-order chi connectivity index (χ0) is 24.8. The minimum Gasteiger partial charge on any atom is -0.343 e. The molecular weight excluding hydrogens is 451 g/mol. The molecule has 0 spiro atoms. The Morgan fingerprint density at radius 3 is 2.56 bits per heavy atom. The predicted molar refractivity (Wildman–Crippen MR) is 141 cm³/mol. The lowest BCUT2D eigenvalue weighted by molar-refractivity contribution is 0.305.